The minimum absolute atomic E-state index is 0.000592. The van der Waals surface area contributed by atoms with E-state index in [1.165, 1.54) is 18.2 Å². The van der Waals surface area contributed by atoms with E-state index in [0.717, 1.165) is 6.42 Å². The van der Waals surface area contributed by atoms with Gasteiger partial charge in [0.05, 0.1) is 17.0 Å². The summed E-state index contributed by atoms with van der Waals surface area (Å²) < 4.78 is 28.1. The summed E-state index contributed by atoms with van der Waals surface area (Å²) in [5.74, 6) is -0.238. The molecule has 0 saturated carbocycles. The molecule has 1 aromatic rings. The predicted molar refractivity (Wildman–Crippen MR) is 73.7 cm³/mol. The lowest BCUT2D eigenvalue weighted by atomic mass is 10.1. The highest BCUT2D eigenvalue weighted by molar-refractivity contribution is 7.89. The second-order valence-corrected chi connectivity index (χ2v) is 6.48. The third kappa shape index (κ3) is 3.00. The number of primary sulfonamides is 1. The topological polar surface area (TPSA) is 89.7 Å². The van der Waals surface area contributed by atoms with Gasteiger partial charge in [0.1, 0.15) is 0 Å². The molecule has 1 aromatic carbocycles. The van der Waals surface area contributed by atoms with Crippen LogP contribution < -0.4 is 5.14 Å². The average molecular weight is 298 g/mol. The highest BCUT2D eigenvalue weighted by atomic mass is 32.2. The summed E-state index contributed by atoms with van der Waals surface area (Å²) in [5.41, 5.74) is 0.304. The molecule has 1 aliphatic rings. The number of ether oxygens (including phenoxy) is 1. The van der Waals surface area contributed by atoms with Crippen LogP contribution in [0.2, 0.25) is 0 Å². The molecule has 2 N–H and O–H groups in total. The molecule has 1 heterocycles. The van der Waals surface area contributed by atoms with E-state index in [9.17, 15) is 13.2 Å². The maximum atomic E-state index is 12.4. The highest BCUT2D eigenvalue weighted by Crippen LogP contribution is 2.20. The van der Waals surface area contributed by atoms with Gasteiger partial charge in [0.2, 0.25) is 10.0 Å². The van der Waals surface area contributed by atoms with Crippen LogP contribution in [0.25, 0.3) is 0 Å². The zero-order valence-corrected chi connectivity index (χ0v) is 12.3. The second-order valence-electron chi connectivity index (χ2n) is 4.92. The molecule has 1 fully saturated rings. The molecule has 2 unspecified atom stereocenters. The zero-order valence-electron chi connectivity index (χ0n) is 11.4. The maximum absolute atomic E-state index is 12.4. The molecular weight excluding hydrogens is 280 g/mol. The molecule has 6 nitrogen and oxygen atoms in total. The van der Waals surface area contributed by atoms with Crippen LogP contribution in [-0.4, -0.2) is 45.0 Å². The molecule has 1 aliphatic heterocycles. The first kappa shape index (κ1) is 15.0. The molecule has 20 heavy (non-hydrogen) atoms. The molecule has 1 amide bonds. The Labute approximate surface area is 118 Å². The molecule has 2 atom stereocenters. The lowest BCUT2D eigenvalue weighted by Crippen LogP contribution is -2.41. The van der Waals surface area contributed by atoms with E-state index < -0.39 is 10.0 Å². The summed E-state index contributed by atoms with van der Waals surface area (Å²) in [6, 6.07) is 5.76. The number of hydrogen-bond acceptors (Lipinski definition) is 4. The minimum atomic E-state index is -3.81. The fourth-order valence-corrected chi connectivity index (χ4v) is 2.95. The van der Waals surface area contributed by atoms with Gasteiger partial charge in [-0.25, -0.2) is 13.6 Å². The third-order valence-electron chi connectivity index (χ3n) is 3.56. The Morgan fingerprint density at radius 3 is 2.70 bits per heavy atom. The summed E-state index contributed by atoms with van der Waals surface area (Å²) in [6.45, 7) is 2.54. The number of sulfonamides is 1. The highest BCUT2D eigenvalue weighted by Gasteiger charge is 2.31. The molecule has 110 valence electrons. The van der Waals surface area contributed by atoms with E-state index in [2.05, 4.69) is 0 Å². The van der Waals surface area contributed by atoms with Crippen molar-refractivity contribution in [2.75, 3.05) is 13.7 Å². The predicted octanol–water partition coefficient (Wildman–Crippen LogP) is 0.583. The van der Waals surface area contributed by atoms with Gasteiger partial charge in [0.15, 0.2) is 0 Å². The quantitative estimate of drug-likeness (QED) is 0.884. The number of amides is 1. The van der Waals surface area contributed by atoms with Crippen LogP contribution in [0.15, 0.2) is 29.2 Å². The summed E-state index contributed by atoms with van der Waals surface area (Å²) in [5, 5.41) is 5.07. The number of benzene rings is 1. The molecule has 0 spiro atoms. The Kier molecular flexibility index (Phi) is 4.12. The standard InChI is InChI=1S/C13H18N2O4S/c1-9-12(6-7-19-9)15(2)13(16)10-4-3-5-11(8-10)20(14,17)18/h3-5,8-9,12H,6-7H2,1-2H3,(H2,14,17,18). The molecule has 7 heteroatoms. The molecule has 1 saturated heterocycles. The van der Waals surface area contributed by atoms with Gasteiger partial charge in [-0.2, -0.15) is 0 Å². The van der Waals surface area contributed by atoms with Crippen molar-refractivity contribution in [2.24, 2.45) is 5.14 Å². The Hall–Kier alpha value is -1.44. The van der Waals surface area contributed by atoms with Gasteiger partial charge >= 0.3 is 0 Å². The summed E-state index contributed by atoms with van der Waals surface area (Å²) in [7, 11) is -2.11. The van der Waals surface area contributed by atoms with Crippen LogP contribution in [-0.2, 0) is 14.8 Å². The van der Waals surface area contributed by atoms with Crippen LogP contribution in [0.5, 0.6) is 0 Å². The van der Waals surface area contributed by atoms with Gasteiger partial charge in [-0.05, 0) is 31.5 Å². The zero-order chi connectivity index (χ0) is 14.9. The molecule has 2 rings (SSSR count). The molecular formula is C13H18N2O4S. The Bertz CT molecular complexity index is 615. The van der Waals surface area contributed by atoms with E-state index in [-0.39, 0.29) is 22.9 Å². The minimum Gasteiger partial charge on any atom is -0.376 e. The summed E-state index contributed by atoms with van der Waals surface area (Å²) >= 11 is 0. The van der Waals surface area contributed by atoms with Gasteiger partial charge in [-0.3, -0.25) is 4.79 Å². The smallest absolute Gasteiger partial charge is 0.253 e. The van der Waals surface area contributed by atoms with Crippen molar-refractivity contribution in [1.29, 1.82) is 0 Å². The molecule has 0 aliphatic carbocycles. The van der Waals surface area contributed by atoms with Crippen LogP contribution >= 0.6 is 0 Å². The number of likely N-dealkylation sites (N-methyl/N-ethyl adjacent to an activating group) is 1. The van der Waals surface area contributed by atoms with Crippen molar-refractivity contribution in [3.8, 4) is 0 Å². The molecule has 0 aromatic heterocycles. The van der Waals surface area contributed by atoms with Crippen molar-refractivity contribution in [1.82, 2.24) is 4.90 Å². The lowest BCUT2D eigenvalue weighted by molar-refractivity contribution is 0.0574. The van der Waals surface area contributed by atoms with Crippen molar-refractivity contribution in [3.05, 3.63) is 29.8 Å². The first-order chi connectivity index (χ1) is 9.30. The van der Waals surface area contributed by atoms with Crippen LogP contribution in [0.4, 0.5) is 0 Å². The van der Waals surface area contributed by atoms with Gasteiger partial charge in [-0.15, -0.1) is 0 Å². The summed E-state index contributed by atoms with van der Waals surface area (Å²) in [6.07, 6.45) is 0.753. The van der Waals surface area contributed by atoms with E-state index >= 15 is 0 Å². The number of carbonyl (C=O) groups excluding carboxylic acids is 1. The fourth-order valence-electron chi connectivity index (χ4n) is 2.39. The number of nitrogens with two attached hydrogens (primary N) is 1. The van der Waals surface area contributed by atoms with Crippen molar-refractivity contribution >= 4 is 15.9 Å². The van der Waals surface area contributed by atoms with Gasteiger partial charge in [-0.1, -0.05) is 6.07 Å². The van der Waals surface area contributed by atoms with E-state index in [0.29, 0.717) is 12.2 Å². The SMILES string of the molecule is CC1OCCC1N(C)C(=O)c1cccc(S(N)(=O)=O)c1. The van der Waals surface area contributed by atoms with E-state index in [4.69, 9.17) is 9.88 Å². The monoisotopic (exact) mass is 298 g/mol. The molecule has 0 radical (unpaired) electrons. The van der Waals surface area contributed by atoms with Crippen LogP contribution in [0.1, 0.15) is 23.7 Å². The normalized spacial score (nSPS) is 22.8. The van der Waals surface area contributed by atoms with E-state index in [1.807, 2.05) is 6.92 Å². The Morgan fingerprint density at radius 1 is 1.45 bits per heavy atom. The molecule has 0 bridgehead atoms. The van der Waals surface area contributed by atoms with Crippen LogP contribution in [0.3, 0.4) is 0 Å². The number of carbonyl (C=O) groups is 1. The second kappa shape index (κ2) is 5.51. The van der Waals surface area contributed by atoms with Crippen molar-refractivity contribution in [3.63, 3.8) is 0 Å². The van der Waals surface area contributed by atoms with Gasteiger partial charge in [0.25, 0.3) is 5.91 Å². The third-order valence-corrected chi connectivity index (χ3v) is 4.47. The Morgan fingerprint density at radius 2 is 2.15 bits per heavy atom. The van der Waals surface area contributed by atoms with Crippen molar-refractivity contribution in [2.45, 2.75) is 30.4 Å². The van der Waals surface area contributed by atoms with Crippen molar-refractivity contribution < 1.29 is 17.9 Å². The fraction of sp³-hybridized carbons (Fsp3) is 0.462. The number of nitrogens with zero attached hydrogens (tertiary/aromatic N) is 1. The van der Waals surface area contributed by atoms with E-state index in [1.54, 1.807) is 18.0 Å². The average Bonchev–Trinajstić information content (AvgIpc) is 2.82. The first-order valence-electron chi connectivity index (χ1n) is 6.32. The lowest BCUT2D eigenvalue weighted by Gasteiger charge is -2.26. The van der Waals surface area contributed by atoms with Gasteiger partial charge in [0, 0.05) is 19.2 Å². The van der Waals surface area contributed by atoms with Crippen LogP contribution in [0, 0.1) is 0 Å². The Balaban J connectivity index is 2.25. The number of rotatable bonds is 3. The van der Waals surface area contributed by atoms with Gasteiger partial charge < -0.3 is 9.64 Å². The maximum Gasteiger partial charge on any atom is 0.253 e. The largest absolute Gasteiger partial charge is 0.376 e. The number of hydrogen-bond donors (Lipinski definition) is 1. The summed E-state index contributed by atoms with van der Waals surface area (Å²) in [4.78, 5) is 13.9. The first-order valence-corrected chi connectivity index (χ1v) is 7.87.